The Labute approximate surface area is 112 Å². The van der Waals surface area contributed by atoms with Gasteiger partial charge in [0.05, 0.1) is 19.8 Å². The van der Waals surface area contributed by atoms with Gasteiger partial charge in [0.25, 0.3) is 0 Å². The summed E-state index contributed by atoms with van der Waals surface area (Å²) in [5, 5.41) is 0. The summed E-state index contributed by atoms with van der Waals surface area (Å²) in [4.78, 5) is 22.0. The van der Waals surface area contributed by atoms with E-state index >= 15 is 0 Å². The first kappa shape index (κ1) is 14.6. The molecule has 1 atom stereocenters. The molecular formula is C12H12BrFO4. The maximum atomic E-state index is 13.4. The van der Waals surface area contributed by atoms with Crippen LogP contribution in [-0.2, 0) is 20.7 Å². The Morgan fingerprint density at radius 1 is 1.33 bits per heavy atom. The van der Waals surface area contributed by atoms with Gasteiger partial charge in [-0.25, -0.2) is 9.18 Å². The summed E-state index contributed by atoms with van der Waals surface area (Å²) in [6.45, 7) is 0. The number of carbonyl (C=O) groups excluding carboxylic acids is 2. The molecule has 1 unspecified atom stereocenters. The first-order valence-electron chi connectivity index (χ1n) is 5.08. The van der Waals surface area contributed by atoms with E-state index in [9.17, 15) is 14.0 Å². The Balaban J connectivity index is 2.92. The van der Waals surface area contributed by atoms with E-state index < -0.39 is 22.6 Å². The second kappa shape index (κ2) is 6.49. The van der Waals surface area contributed by atoms with Crippen molar-refractivity contribution in [2.45, 2.75) is 11.2 Å². The molecule has 0 spiro atoms. The Morgan fingerprint density at radius 3 is 2.56 bits per heavy atom. The van der Waals surface area contributed by atoms with Crippen molar-refractivity contribution in [2.24, 2.45) is 0 Å². The number of rotatable bonds is 4. The third kappa shape index (κ3) is 3.53. The number of alkyl halides is 1. The SMILES string of the molecule is COC(=O)c1cc(CC(Br)C(=O)OC)ccc1F. The molecule has 0 aliphatic carbocycles. The van der Waals surface area contributed by atoms with E-state index in [1.165, 1.54) is 32.4 Å². The van der Waals surface area contributed by atoms with E-state index in [0.717, 1.165) is 0 Å². The minimum atomic E-state index is -0.751. The molecule has 0 saturated carbocycles. The molecule has 18 heavy (non-hydrogen) atoms. The minimum Gasteiger partial charge on any atom is -0.468 e. The van der Waals surface area contributed by atoms with Crippen LogP contribution in [0.3, 0.4) is 0 Å². The summed E-state index contributed by atoms with van der Waals surface area (Å²) in [7, 11) is 2.46. The van der Waals surface area contributed by atoms with Crippen LogP contribution < -0.4 is 0 Å². The summed E-state index contributed by atoms with van der Waals surface area (Å²) in [6, 6.07) is 4.02. The number of hydrogen-bond donors (Lipinski definition) is 0. The molecule has 0 saturated heterocycles. The molecule has 0 heterocycles. The van der Waals surface area contributed by atoms with Crippen molar-refractivity contribution in [2.75, 3.05) is 14.2 Å². The lowest BCUT2D eigenvalue weighted by molar-refractivity contribution is -0.139. The molecule has 0 aliphatic rings. The zero-order valence-electron chi connectivity index (χ0n) is 9.91. The van der Waals surface area contributed by atoms with Crippen molar-refractivity contribution >= 4 is 27.9 Å². The summed E-state index contributed by atoms with van der Waals surface area (Å²) >= 11 is 3.15. The minimum absolute atomic E-state index is 0.153. The number of esters is 2. The van der Waals surface area contributed by atoms with E-state index in [0.29, 0.717) is 5.56 Å². The van der Waals surface area contributed by atoms with Gasteiger partial charge < -0.3 is 9.47 Å². The molecule has 1 aromatic rings. The smallest absolute Gasteiger partial charge is 0.340 e. The average molecular weight is 319 g/mol. The van der Waals surface area contributed by atoms with Crippen LogP contribution in [0.15, 0.2) is 18.2 Å². The van der Waals surface area contributed by atoms with Crippen molar-refractivity contribution in [1.82, 2.24) is 0 Å². The fourth-order valence-corrected chi connectivity index (χ4v) is 1.94. The van der Waals surface area contributed by atoms with Gasteiger partial charge >= 0.3 is 11.9 Å². The number of carbonyl (C=O) groups is 2. The molecular weight excluding hydrogens is 307 g/mol. The first-order valence-corrected chi connectivity index (χ1v) is 5.99. The molecule has 0 bridgehead atoms. The molecule has 0 N–H and O–H groups in total. The van der Waals surface area contributed by atoms with Crippen molar-refractivity contribution in [1.29, 1.82) is 0 Å². The van der Waals surface area contributed by atoms with E-state index in [1.807, 2.05) is 0 Å². The Bertz CT molecular complexity index is 461. The monoisotopic (exact) mass is 318 g/mol. The fourth-order valence-electron chi connectivity index (χ4n) is 1.38. The highest BCUT2D eigenvalue weighted by Crippen LogP contribution is 2.16. The van der Waals surface area contributed by atoms with E-state index in [4.69, 9.17) is 0 Å². The summed E-state index contributed by atoms with van der Waals surface area (Å²) in [5.41, 5.74) is 0.476. The zero-order valence-corrected chi connectivity index (χ0v) is 11.5. The lowest BCUT2D eigenvalue weighted by Gasteiger charge is -2.09. The molecule has 4 nitrogen and oxygen atoms in total. The topological polar surface area (TPSA) is 52.6 Å². The summed E-state index contributed by atoms with van der Waals surface area (Å²) in [6.07, 6.45) is 0.289. The zero-order chi connectivity index (χ0) is 13.7. The summed E-state index contributed by atoms with van der Waals surface area (Å²) < 4.78 is 22.4. The van der Waals surface area contributed by atoms with Crippen molar-refractivity contribution in [3.8, 4) is 0 Å². The lowest BCUT2D eigenvalue weighted by Crippen LogP contribution is -2.18. The Hall–Kier alpha value is -1.43. The number of halogens is 2. The largest absolute Gasteiger partial charge is 0.468 e. The second-order valence-electron chi connectivity index (χ2n) is 3.50. The van der Waals surface area contributed by atoms with Gasteiger partial charge in [0.15, 0.2) is 0 Å². The molecule has 98 valence electrons. The number of methoxy groups -OCH3 is 2. The van der Waals surface area contributed by atoms with Crippen LogP contribution in [0.4, 0.5) is 4.39 Å². The predicted molar refractivity (Wildman–Crippen MR) is 66.2 cm³/mol. The Morgan fingerprint density at radius 2 is 2.00 bits per heavy atom. The second-order valence-corrected chi connectivity index (χ2v) is 4.61. The van der Waals surface area contributed by atoms with Gasteiger partial charge in [-0.2, -0.15) is 0 Å². The Kier molecular flexibility index (Phi) is 5.27. The number of hydrogen-bond acceptors (Lipinski definition) is 4. The third-order valence-electron chi connectivity index (χ3n) is 2.31. The van der Waals surface area contributed by atoms with Crippen molar-refractivity contribution in [3.05, 3.63) is 35.1 Å². The van der Waals surface area contributed by atoms with Gasteiger partial charge in [0.1, 0.15) is 10.6 Å². The van der Waals surface area contributed by atoms with Crippen LogP contribution >= 0.6 is 15.9 Å². The van der Waals surface area contributed by atoms with Crippen LogP contribution in [0.2, 0.25) is 0 Å². The van der Waals surface area contributed by atoms with Gasteiger partial charge in [-0.15, -0.1) is 0 Å². The number of benzene rings is 1. The maximum absolute atomic E-state index is 13.4. The van der Waals surface area contributed by atoms with E-state index in [1.54, 1.807) is 0 Å². The van der Waals surface area contributed by atoms with Crippen LogP contribution in [0, 0.1) is 5.82 Å². The van der Waals surface area contributed by atoms with Gasteiger partial charge in [-0.3, -0.25) is 4.79 Å². The summed E-state index contributed by atoms with van der Waals surface area (Å²) in [5.74, 6) is -1.84. The van der Waals surface area contributed by atoms with Crippen LogP contribution in [0.1, 0.15) is 15.9 Å². The van der Waals surface area contributed by atoms with Crippen molar-refractivity contribution < 1.29 is 23.5 Å². The van der Waals surface area contributed by atoms with Gasteiger partial charge in [0, 0.05) is 0 Å². The normalized spacial score (nSPS) is 11.8. The molecule has 0 amide bonds. The highest BCUT2D eigenvalue weighted by molar-refractivity contribution is 9.10. The molecule has 1 aromatic carbocycles. The number of ether oxygens (including phenoxy) is 2. The van der Waals surface area contributed by atoms with Gasteiger partial charge in [-0.1, -0.05) is 22.0 Å². The van der Waals surface area contributed by atoms with E-state index in [2.05, 4.69) is 25.4 Å². The highest BCUT2D eigenvalue weighted by atomic mass is 79.9. The van der Waals surface area contributed by atoms with Gasteiger partial charge in [-0.05, 0) is 24.1 Å². The lowest BCUT2D eigenvalue weighted by atomic mass is 10.1. The highest BCUT2D eigenvalue weighted by Gasteiger charge is 2.18. The standard InChI is InChI=1S/C12H12BrFO4/c1-17-11(15)8-5-7(3-4-10(8)14)6-9(13)12(16)18-2/h3-5,9H,6H2,1-2H3. The molecule has 1 rings (SSSR count). The quantitative estimate of drug-likeness (QED) is 0.630. The van der Waals surface area contributed by atoms with Crippen LogP contribution in [-0.4, -0.2) is 31.0 Å². The molecule has 0 fully saturated rings. The van der Waals surface area contributed by atoms with Gasteiger partial charge in [0.2, 0.25) is 0 Å². The average Bonchev–Trinajstić information content (AvgIpc) is 2.38. The third-order valence-corrected chi connectivity index (χ3v) is 3.01. The molecule has 0 radical (unpaired) electrons. The predicted octanol–water partition coefficient (Wildman–Crippen LogP) is 2.09. The first-order chi connectivity index (χ1) is 8.49. The molecule has 0 aliphatic heterocycles. The molecule has 6 heteroatoms. The molecule has 0 aromatic heterocycles. The van der Waals surface area contributed by atoms with Crippen LogP contribution in [0.5, 0.6) is 0 Å². The van der Waals surface area contributed by atoms with E-state index in [-0.39, 0.29) is 12.0 Å². The van der Waals surface area contributed by atoms with Crippen molar-refractivity contribution in [3.63, 3.8) is 0 Å². The maximum Gasteiger partial charge on any atom is 0.340 e. The van der Waals surface area contributed by atoms with Crippen LogP contribution in [0.25, 0.3) is 0 Å². The fraction of sp³-hybridized carbons (Fsp3) is 0.333.